The number of aromatic nitrogens is 5. The number of carbonyl (C=O) groups excluding carboxylic acids is 1. The van der Waals surface area contributed by atoms with Gasteiger partial charge in [-0.25, -0.2) is 0 Å². The molecule has 0 spiro atoms. The smallest absolute Gasteiger partial charge is 0.411 e. The van der Waals surface area contributed by atoms with E-state index in [0.29, 0.717) is 0 Å². The summed E-state index contributed by atoms with van der Waals surface area (Å²) in [5.74, 6) is -0.719. The Balaban J connectivity index is 2.20. The SMILES string of the molecule is CCc1nnc2c(C(=O)Nc3nnco3)cc(S)c(C(F)(F)F)n12. The minimum atomic E-state index is -4.69. The third-order valence-electron chi connectivity index (χ3n) is 3.13. The molecular formula is C12H9F3N6O2S. The molecule has 1 amide bonds. The van der Waals surface area contributed by atoms with Crippen LogP contribution < -0.4 is 5.32 Å². The number of carbonyl (C=O) groups is 1. The molecule has 3 heterocycles. The molecule has 0 unspecified atom stereocenters. The van der Waals surface area contributed by atoms with E-state index >= 15 is 0 Å². The number of rotatable bonds is 3. The van der Waals surface area contributed by atoms with Gasteiger partial charge in [-0.3, -0.25) is 14.5 Å². The van der Waals surface area contributed by atoms with Crippen LogP contribution in [0.25, 0.3) is 5.65 Å². The average molecular weight is 358 g/mol. The topological polar surface area (TPSA) is 98.2 Å². The second kappa shape index (κ2) is 5.78. The molecule has 0 atom stereocenters. The summed E-state index contributed by atoms with van der Waals surface area (Å²) < 4.78 is 45.6. The molecule has 0 bridgehead atoms. The van der Waals surface area contributed by atoms with Crippen molar-refractivity contribution < 1.29 is 22.4 Å². The molecule has 3 aromatic heterocycles. The van der Waals surface area contributed by atoms with Gasteiger partial charge in [0.1, 0.15) is 11.5 Å². The third kappa shape index (κ3) is 2.68. The Morgan fingerprint density at radius 1 is 1.38 bits per heavy atom. The molecule has 126 valence electrons. The fourth-order valence-electron chi connectivity index (χ4n) is 2.17. The Bertz CT molecular complexity index is 906. The largest absolute Gasteiger partial charge is 0.432 e. The maximum atomic E-state index is 13.4. The van der Waals surface area contributed by atoms with Gasteiger partial charge in [0.15, 0.2) is 5.65 Å². The number of alkyl halides is 3. The molecule has 0 aliphatic rings. The Morgan fingerprint density at radius 2 is 2.12 bits per heavy atom. The summed E-state index contributed by atoms with van der Waals surface area (Å²) in [7, 11) is 0. The highest BCUT2D eigenvalue weighted by atomic mass is 32.1. The van der Waals surface area contributed by atoms with Gasteiger partial charge in [0, 0.05) is 11.3 Å². The summed E-state index contributed by atoms with van der Waals surface area (Å²) >= 11 is 3.88. The molecule has 8 nitrogen and oxygen atoms in total. The van der Waals surface area contributed by atoms with Crippen molar-refractivity contribution >= 4 is 30.2 Å². The first-order valence-corrected chi connectivity index (χ1v) is 7.02. The molecule has 12 heteroatoms. The Morgan fingerprint density at radius 3 is 2.71 bits per heavy atom. The number of thiol groups is 1. The molecule has 0 aliphatic carbocycles. The van der Waals surface area contributed by atoms with Crippen molar-refractivity contribution in [3.63, 3.8) is 0 Å². The van der Waals surface area contributed by atoms with E-state index in [0.717, 1.165) is 16.9 Å². The Kier molecular flexibility index (Phi) is 3.91. The predicted molar refractivity (Wildman–Crippen MR) is 76.9 cm³/mol. The van der Waals surface area contributed by atoms with Gasteiger partial charge in [0.2, 0.25) is 6.39 Å². The van der Waals surface area contributed by atoms with Crippen LogP contribution in [0.5, 0.6) is 0 Å². The van der Waals surface area contributed by atoms with Crippen molar-refractivity contribution in [3.8, 4) is 0 Å². The van der Waals surface area contributed by atoms with Crippen LogP contribution in [-0.4, -0.2) is 30.7 Å². The van der Waals surface area contributed by atoms with E-state index in [4.69, 9.17) is 4.42 Å². The van der Waals surface area contributed by atoms with Crippen molar-refractivity contribution in [3.05, 3.63) is 29.5 Å². The summed E-state index contributed by atoms with van der Waals surface area (Å²) in [5, 5.41) is 16.5. The highest BCUT2D eigenvalue weighted by Crippen LogP contribution is 2.36. The zero-order valence-electron chi connectivity index (χ0n) is 12.0. The van der Waals surface area contributed by atoms with Crippen molar-refractivity contribution in [1.82, 2.24) is 24.8 Å². The fourth-order valence-corrected chi connectivity index (χ4v) is 2.53. The molecule has 0 radical (unpaired) electrons. The molecular weight excluding hydrogens is 349 g/mol. The maximum absolute atomic E-state index is 13.4. The van der Waals surface area contributed by atoms with Gasteiger partial charge < -0.3 is 4.42 Å². The van der Waals surface area contributed by atoms with Crippen molar-refractivity contribution in [2.45, 2.75) is 24.4 Å². The Labute approximate surface area is 137 Å². The van der Waals surface area contributed by atoms with Crippen LogP contribution in [-0.2, 0) is 12.6 Å². The first kappa shape index (κ1) is 16.2. The van der Waals surface area contributed by atoms with Gasteiger partial charge in [-0.15, -0.1) is 27.9 Å². The number of pyridine rings is 1. The molecule has 3 rings (SSSR count). The van der Waals surface area contributed by atoms with Crippen LogP contribution >= 0.6 is 12.6 Å². The molecule has 24 heavy (non-hydrogen) atoms. The van der Waals surface area contributed by atoms with Crippen molar-refractivity contribution in [2.75, 3.05) is 5.32 Å². The van der Waals surface area contributed by atoms with Crippen molar-refractivity contribution in [2.24, 2.45) is 0 Å². The minimum Gasteiger partial charge on any atom is -0.411 e. The number of nitrogens with zero attached hydrogens (tertiary/aromatic N) is 5. The maximum Gasteiger partial charge on any atom is 0.432 e. The number of amides is 1. The summed E-state index contributed by atoms with van der Waals surface area (Å²) in [6, 6.07) is 0.773. The van der Waals surface area contributed by atoms with Gasteiger partial charge in [0.25, 0.3) is 5.91 Å². The normalized spacial score (nSPS) is 11.9. The molecule has 1 N–H and O–H groups in total. The molecule has 0 saturated carbocycles. The lowest BCUT2D eigenvalue weighted by molar-refractivity contribution is -0.144. The van der Waals surface area contributed by atoms with E-state index in [-0.39, 0.29) is 29.5 Å². The zero-order chi connectivity index (χ0) is 17.5. The second-order valence-electron chi connectivity index (χ2n) is 4.62. The lowest BCUT2D eigenvalue weighted by atomic mass is 10.2. The van der Waals surface area contributed by atoms with Gasteiger partial charge in [-0.2, -0.15) is 13.2 Å². The average Bonchev–Trinajstić information content (AvgIpc) is 3.14. The van der Waals surface area contributed by atoms with Crippen LogP contribution in [0.3, 0.4) is 0 Å². The predicted octanol–water partition coefficient (Wildman–Crippen LogP) is 2.23. The minimum absolute atomic E-state index is 0.0556. The second-order valence-corrected chi connectivity index (χ2v) is 5.10. The number of hydrogen-bond donors (Lipinski definition) is 2. The first-order chi connectivity index (χ1) is 11.3. The van der Waals surface area contributed by atoms with Crippen LogP contribution in [0, 0.1) is 0 Å². The van der Waals surface area contributed by atoms with Crippen LogP contribution in [0.4, 0.5) is 19.2 Å². The first-order valence-electron chi connectivity index (χ1n) is 6.57. The summed E-state index contributed by atoms with van der Waals surface area (Å²) in [6.45, 7) is 1.62. The number of aryl methyl sites for hydroxylation is 1. The molecule has 0 fully saturated rings. The van der Waals surface area contributed by atoms with Gasteiger partial charge >= 0.3 is 12.2 Å². The number of fused-ring (bicyclic) bond motifs is 1. The van der Waals surface area contributed by atoms with Crippen molar-refractivity contribution in [1.29, 1.82) is 0 Å². The highest BCUT2D eigenvalue weighted by molar-refractivity contribution is 7.80. The summed E-state index contributed by atoms with van der Waals surface area (Å²) in [4.78, 5) is 11.9. The van der Waals surface area contributed by atoms with Crippen LogP contribution in [0.2, 0.25) is 0 Å². The summed E-state index contributed by atoms with van der Waals surface area (Å²) in [6.07, 6.45) is -3.51. The van der Waals surface area contributed by atoms with E-state index in [9.17, 15) is 18.0 Å². The molecule has 0 aliphatic heterocycles. The van der Waals surface area contributed by atoms with Crippen LogP contribution in [0.1, 0.15) is 28.8 Å². The molecule has 3 aromatic rings. The molecule has 0 saturated heterocycles. The fraction of sp³-hybridized carbons (Fsp3) is 0.250. The molecule has 0 aromatic carbocycles. The van der Waals surface area contributed by atoms with Gasteiger partial charge in [-0.05, 0) is 6.07 Å². The van der Waals surface area contributed by atoms with Gasteiger partial charge in [-0.1, -0.05) is 12.0 Å². The van der Waals surface area contributed by atoms with E-state index in [1.165, 1.54) is 0 Å². The number of halogens is 3. The van der Waals surface area contributed by atoms with E-state index < -0.39 is 22.7 Å². The highest BCUT2D eigenvalue weighted by Gasteiger charge is 2.38. The summed E-state index contributed by atoms with van der Waals surface area (Å²) in [5.41, 5.74) is -1.44. The van der Waals surface area contributed by atoms with E-state index in [1.807, 2.05) is 0 Å². The third-order valence-corrected chi connectivity index (χ3v) is 3.47. The number of hydrogen-bond acceptors (Lipinski definition) is 7. The lowest BCUT2D eigenvalue weighted by Crippen LogP contribution is -2.19. The number of anilines is 1. The Hall–Kier alpha value is -2.63. The standard InChI is InChI=1S/C12H9F3N6O2S/c1-2-7-18-19-9-5(10(22)17-11-20-16-4-23-11)3-6(24)8(21(7)9)12(13,14)15/h3-4,24H,2H2,1H3,(H,17,20,22). The lowest BCUT2D eigenvalue weighted by Gasteiger charge is -2.15. The monoisotopic (exact) mass is 358 g/mol. The van der Waals surface area contributed by atoms with E-state index in [1.54, 1.807) is 6.92 Å². The van der Waals surface area contributed by atoms with Crippen LogP contribution in [0.15, 0.2) is 21.8 Å². The van der Waals surface area contributed by atoms with E-state index in [2.05, 4.69) is 38.3 Å². The zero-order valence-corrected chi connectivity index (χ0v) is 12.9. The number of nitrogens with one attached hydrogen (secondary N) is 1. The quantitative estimate of drug-likeness (QED) is 0.697. The van der Waals surface area contributed by atoms with Gasteiger partial charge in [0.05, 0.1) is 5.56 Å².